The fourth-order valence-corrected chi connectivity index (χ4v) is 4.01. The number of hydrogen-bond acceptors (Lipinski definition) is 3. The standard InChI is InChI=1S/C27H28N2O3/c30-26(29-21-32-20-25(29)18-22-10-4-1-5-11-22)16-17-28(19-23-12-6-2-7-13-23)27(31)24-14-8-3-9-15-24/h1-15,25H,16-21H2/t25-/m0/s1. The number of carbonyl (C=O) groups excluding carboxylic acids is 2. The van der Waals surface area contributed by atoms with Crippen LogP contribution in [-0.4, -0.2) is 47.5 Å². The van der Waals surface area contributed by atoms with Gasteiger partial charge in [0.25, 0.3) is 5.91 Å². The van der Waals surface area contributed by atoms with Crippen molar-refractivity contribution in [2.24, 2.45) is 0 Å². The van der Waals surface area contributed by atoms with E-state index in [1.54, 1.807) is 9.80 Å². The first kappa shape index (κ1) is 21.8. The Labute approximate surface area is 189 Å². The minimum atomic E-state index is -0.0687. The highest BCUT2D eigenvalue weighted by Gasteiger charge is 2.30. The van der Waals surface area contributed by atoms with Gasteiger partial charge in [-0.3, -0.25) is 9.59 Å². The Bertz CT molecular complexity index is 1010. The third kappa shape index (κ3) is 5.62. The topological polar surface area (TPSA) is 49.9 Å². The first-order valence-corrected chi connectivity index (χ1v) is 11.0. The van der Waals surface area contributed by atoms with Crippen molar-refractivity contribution in [3.05, 3.63) is 108 Å². The summed E-state index contributed by atoms with van der Waals surface area (Å²) in [5, 5.41) is 0. The van der Waals surface area contributed by atoms with E-state index in [1.165, 1.54) is 5.56 Å². The summed E-state index contributed by atoms with van der Waals surface area (Å²) < 4.78 is 5.61. The van der Waals surface area contributed by atoms with Gasteiger partial charge in [-0.15, -0.1) is 0 Å². The zero-order chi connectivity index (χ0) is 22.2. The number of rotatable bonds is 8. The molecule has 1 aliphatic rings. The molecule has 0 aromatic heterocycles. The van der Waals surface area contributed by atoms with Gasteiger partial charge in [0, 0.05) is 25.1 Å². The van der Waals surface area contributed by atoms with E-state index in [0.717, 1.165) is 12.0 Å². The van der Waals surface area contributed by atoms with E-state index in [1.807, 2.05) is 78.9 Å². The Morgan fingerprint density at radius 1 is 0.844 bits per heavy atom. The minimum Gasteiger partial charge on any atom is -0.359 e. The number of hydrogen-bond donors (Lipinski definition) is 0. The third-order valence-corrected chi connectivity index (χ3v) is 5.74. The normalized spacial score (nSPS) is 15.5. The second-order valence-corrected chi connectivity index (χ2v) is 8.04. The van der Waals surface area contributed by atoms with Gasteiger partial charge in [-0.2, -0.15) is 0 Å². The zero-order valence-electron chi connectivity index (χ0n) is 18.1. The van der Waals surface area contributed by atoms with Crippen LogP contribution >= 0.6 is 0 Å². The van der Waals surface area contributed by atoms with Crippen LogP contribution in [0.3, 0.4) is 0 Å². The van der Waals surface area contributed by atoms with Crippen LogP contribution in [0.1, 0.15) is 27.9 Å². The smallest absolute Gasteiger partial charge is 0.254 e. The molecule has 1 aliphatic heterocycles. The van der Waals surface area contributed by atoms with Crippen LogP contribution in [0, 0.1) is 0 Å². The summed E-state index contributed by atoms with van der Waals surface area (Å²) in [5.74, 6) is -0.0527. The molecule has 0 N–H and O–H groups in total. The van der Waals surface area contributed by atoms with Crippen molar-refractivity contribution in [1.29, 1.82) is 0 Å². The van der Waals surface area contributed by atoms with Crippen LogP contribution in [0.25, 0.3) is 0 Å². The van der Waals surface area contributed by atoms with Crippen molar-refractivity contribution in [2.75, 3.05) is 19.9 Å². The van der Waals surface area contributed by atoms with Crippen LogP contribution in [0.15, 0.2) is 91.0 Å². The summed E-state index contributed by atoms with van der Waals surface area (Å²) in [6.07, 6.45) is 1.03. The average Bonchev–Trinajstić information content (AvgIpc) is 3.31. The number of ether oxygens (including phenoxy) is 1. The molecule has 1 fully saturated rings. The van der Waals surface area contributed by atoms with Gasteiger partial charge in [0.2, 0.25) is 5.91 Å². The molecule has 0 unspecified atom stereocenters. The fraction of sp³-hybridized carbons (Fsp3) is 0.259. The lowest BCUT2D eigenvalue weighted by Gasteiger charge is -2.26. The van der Waals surface area contributed by atoms with Crippen molar-refractivity contribution in [3.63, 3.8) is 0 Å². The molecule has 0 aliphatic carbocycles. The highest BCUT2D eigenvalue weighted by Crippen LogP contribution is 2.18. The van der Waals surface area contributed by atoms with E-state index in [4.69, 9.17) is 4.74 Å². The largest absolute Gasteiger partial charge is 0.359 e. The third-order valence-electron chi connectivity index (χ3n) is 5.74. The maximum Gasteiger partial charge on any atom is 0.254 e. The Morgan fingerprint density at radius 2 is 1.44 bits per heavy atom. The predicted octanol–water partition coefficient (Wildman–Crippen LogP) is 4.15. The molecule has 1 atom stereocenters. The van der Waals surface area contributed by atoms with Crippen LogP contribution in [0.2, 0.25) is 0 Å². The van der Waals surface area contributed by atoms with Gasteiger partial charge in [-0.25, -0.2) is 0 Å². The van der Waals surface area contributed by atoms with E-state index >= 15 is 0 Å². The Balaban J connectivity index is 1.42. The Morgan fingerprint density at radius 3 is 2.09 bits per heavy atom. The van der Waals surface area contributed by atoms with Crippen molar-refractivity contribution in [2.45, 2.75) is 25.4 Å². The summed E-state index contributed by atoms with van der Waals surface area (Å²) in [6.45, 7) is 1.67. The molecule has 5 heteroatoms. The number of nitrogens with zero attached hydrogens (tertiary/aromatic N) is 2. The van der Waals surface area contributed by atoms with E-state index in [0.29, 0.717) is 32.0 Å². The molecular weight excluding hydrogens is 400 g/mol. The summed E-state index contributed by atoms with van der Waals surface area (Å²) >= 11 is 0. The molecule has 3 aromatic rings. The lowest BCUT2D eigenvalue weighted by molar-refractivity contribution is -0.133. The maximum atomic E-state index is 13.2. The van der Waals surface area contributed by atoms with Crippen LogP contribution in [0.4, 0.5) is 0 Å². The lowest BCUT2D eigenvalue weighted by atomic mass is 10.1. The van der Waals surface area contributed by atoms with Crippen molar-refractivity contribution < 1.29 is 14.3 Å². The first-order chi connectivity index (χ1) is 15.7. The summed E-state index contributed by atoms with van der Waals surface area (Å²) in [6, 6.07) is 29.3. The first-order valence-electron chi connectivity index (χ1n) is 11.0. The fourth-order valence-electron chi connectivity index (χ4n) is 4.01. The van der Waals surface area contributed by atoms with Gasteiger partial charge >= 0.3 is 0 Å². The molecule has 0 radical (unpaired) electrons. The van der Waals surface area contributed by atoms with Crippen LogP contribution in [0.5, 0.6) is 0 Å². The molecule has 1 heterocycles. The Kier molecular flexibility index (Phi) is 7.31. The van der Waals surface area contributed by atoms with Crippen LogP contribution < -0.4 is 0 Å². The molecule has 164 valence electrons. The highest BCUT2D eigenvalue weighted by molar-refractivity contribution is 5.94. The quantitative estimate of drug-likeness (QED) is 0.542. The van der Waals surface area contributed by atoms with E-state index in [-0.39, 0.29) is 24.3 Å². The van der Waals surface area contributed by atoms with Gasteiger partial charge in [-0.1, -0.05) is 78.9 Å². The average molecular weight is 429 g/mol. The van der Waals surface area contributed by atoms with Gasteiger partial charge in [0.15, 0.2) is 0 Å². The summed E-state index contributed by atoms with van der Waals surface area (Å²) in [7, 11) is 0. The molecule has 0 spiro atoms. The number of benzene rings is 3. The van der Waals surface area contributed by atoms with Gasteiger partial charge in [0.1, 0.15) is 6.73 Å². The van der Waals surface area contributed by atoms with Crippen molar-refractivity contribution >= 4 is 11.8 Å². The van der Waals surface area contributed by atoms with Gasteiger partial charge < -0.3 is 14.5 Å². The molecule has 0 saturated carbocycles. The molecule has 1 saturated heterocycles. The molecule has 4 rings (SSSR count). The minimum absolute atomic E-state index is 0.0161. The lowest BCUT2D eigenvalue weighted by Crippen LogP contribution is -2.40. The monoisotopic (exact) mass is 428 g/mol. The second kappa shape index (κ2) is 10.7. The van der Waals surface area contributed by atoms with Crippen LogP contribution in [-0.2, 0) is 22.5 Å². The molecule has 32 heavy (non-hydrogen) atoms. The Hall–Kier alpha value is -3.44. The number of carbonyl (C=O) groups is 2. The zero-order valence-corrected chi connectivity index (χ0v) is 18.1. The molecule has 3 aromatic carbocycles. The maximum absolute atomic E-state index is 13.2. The number of amides is 2. The second-order valence-electron chi connectivity index (χ2n) is 8.04. The summed E-state index contributed by atoms with van der Waals surface area (Å²) in [5.41, 5.74) is 2.85. The van der Waals surface area contributed by atoms with E-state index < -0.39 is 0 Å². The molecule has 2 amide bonds. The SMILES string of the molecule is O=C(c1ccccc1)N(CCC(=O)N1COC[C@@H]1Cc1ccccc1)Cc1ccccc1. The van der Waals surface area contributed by atoms with Crippen molar-refractivity contribution in [3.8, 4) is 0 Å². The van der Waals surface area contributed by atoms with Gasteiger partial charge in [-0.05, 0) is 29.7 Å². The highest BCUT2D eigenvalue weighted by atomic mass is 16.5. The van der Waals surface area contributed by atoms with Gasteiger partial charge in [0.05, 0.1) is 12.6 Å². The molecule has 5 nitrogen and oxygen atoms in total. The molecular formula is C27H28N2O3. The predicted molar refractivity (Wildman–Crippen MR) is 124 cm³/mol. The summed E-state index contributed by atoms with van der Waals surface area (Å²) in [4.78, 5) is 29.8. The van der Waals surface area contributed by atoms with Crippen molar-refractivity contribution in [1.82, 2.24) is 9.80 Å². The molecule has 0 bridgehead atoms. The van der Waals surface area contributed by atoms with E-state index in [9.17, 15) is 9.59 Å². The van der Waals surface area contributed by atoms with E-state index in [2.05, 4.69) is 12.1 Å².